The molecule has 0 aliphatic heterocycles. The molecule has 1 aromatic heterocycles. The van der Waals surface area contributed by atoms with E-state index in [-0.39, 0.29) is 0 Å². The van der Waals surface area contributed by atoms with E-state index in [1.165, 1.54) is 23.1 Å². The fourth-order valence-corrected chi connectivity index (χ4v) is 3.40. The number of nitrogens with zero attached hydrogens (tertiary/aromatic N) is 1. The molecule has 0 saturated carbocycles. The van der Waals surface area contributed by atoms with E-state index in [0.29, 0.717) is 10.4 Å². The van der Waals surface area contributed by atoms with Crippen LogP contribution in [0, 0.1) is 17.5 Å². The van der Waals surface area contributed by atoms with Crippen molar-refractivity contribution >= 4 is 40.6 Å². The van der Waals surface area contributed by atoms with Gasteiger partial charge in [0.15, 0.2) is 21.8 Å². The van der Waals surface area contributed by atoms with Crippen molar-refractivity contribution in [3.05, 3.63) is 41.2 Å². The highest BCUT2D eigenvalue weighted by atomic mass is 32.2. The number of carbonyl (C=O) groups is 2. The first-order chi connectivity index (χ1) is 11.4. The molecule has 1 atom stereocenters. The van der Waals surface area contributed by atoms with Crippen molar-refractivity contribution in [3.8, 4) is 0 Å². The lowest BCUT2D eigenvalue weighted by molar-refractivity contribution is -0.123. The van der Waals surface area contributed by atoms with E-state index in [4.69, 9.17) is 0 Å². The Balaban J connectivity index is 1.84. The molecular formula is C14H12F3N3O2S2. The minimum absolute atomic E-state index is 0.406. The summed E-state index contributed by atoms with van der Waals surface area (Å²) in [6, 6.07) is 1.59. The number of thiazole rings is 1. The van der Waals surface area contributed by atoms with E-state index in [1.807, 2.05) is 0 Å². The standard InChI is InChI=1S/C14H12F3N3O2S2/c1-7(24-14-18-4-5-23-14)13(22)19-6-10(21)20-9-3-2-8(15)11(16)12(9)17/h2-5,7H,6H2,1H3,(H,19,22)(H,20,21). The van der Waals surface area contributed by atoms with Crippen molar-refractivity contribution in [2.24, 2.45) is 0 Å². The van der Waals surface area contributed by atoms with E-state index in [2.05, 4.69) is 15.6 Å². The summed E-state index contributed by atoms with van der Waals surface area (Å²) >= 11 is 2.62. The number of aromatic nitrogens is 1. The quantitative estimate of drug-likeness (QED) is 0.602. The maximum absolute atomic E-state index is 13.4. The fourth-order valence-electron chi connectivity index (χ4n) is 1.60. The number of nitrogens with one attached hydrogen (secondary N) is 2. The van der Waals surface area contributed by atoms with Crippen LogP contribution in [0.2, 0.25) is 0 Å². The van der Waals surface area contributed by atoms with Gasteiger partial charge < -0.3 is 10.6 Å². The van der Waals surface area contributed by atoms with Gasteiger partial charge in [0.2, 0.25) is 11.8 Å². The minimum atomic E-state index is -1.68. The van der Waals surface area contributed by atoms with E-state index in [0.717, 1.165) is 6.07 Å². The van der Waals surface area contributed by atoms with Gasteiger partial charge in [-0.2, -0.15) is 0 Å². The monoisotopic (exact) mass is 375 g/mol. The van der Waals surface area contributed by atoms with Crippen LogP contribution in [0.1, 0.15) is 6.92 Å². The summed E-state index contributed by atoms with van der Waals surface area (Å²) in [6.07, 6.45) is 1.61. The number of thioether (sulfide) groups is 1. The Morgan fingerprint density at radius 1 is 1.29 bits per heavy atom. The maximum Gasteiger partial charge on any atom is 0.243 e. The Hall–Kier alpha value is -2.07. The summed E-state index contributed by atoms with van der Waals surface area (Å²) in [6.45, 7) is 1.22. The second-order valence-corrected chi connectivity index (χ2v) is 7.03. The van der Waals surface area contributed by atoms with Crippen LogP contribution < -0.4 is 10.6 Å². The number of hydrogen-bond donors (Lipinski definition) is 2. The molecule has 1 heterocycles. The zero-order valence-electron chi connectivity index (χ0n) is 12.3. The van der Waals surface area contributed by atoms with Gasteiger partial charge in [-0.25, -0.2) is 18.2 Å². The molecule has 0 saturated heterocycles. The molecular weight excluding hydrogens is 363 g/mol. The number of carbonyl (C=O) groups excluding carboxylic acids is 2. The predicted molar refractivity (Wildman–Crippen MR) is 85.4 cm³/mol. The summed E-state index contributed by atoms with van der Waals surface area (Å²) in [4.78, 5) is 27.6. The molecule has 128 valence electrons. The number of rotatable bonds is 6. The summed E-state index contributed by atoms with van der Waals surface area (Å²) < 4.78 is 40.0. The molecule has 2 amide bonds. The number of amides is 2. The van der Waals surface area contributed by atoms with Gasteiger partial charge in [-0.05, 0) is 19.1 Å². The first-order valence-corrected chi connectivity index (χ1v) is 8.41. The lowest BCUT2D eigenvalue weighted by Gasteiger charge is -2.11. The van der Waals surface area contributed by atoms with Crippen LogP contribution in [0.15, 0.2) is 28.0 Å². The number of anilines is 1. The second-order valence-electron chi connectivity index (χ2n) is 4.55. The second kappa shape index (κ2) is 8.15. The van der Waals surface area contributed by atoms with Crippen molar-refractivity contribution in [2.45, 2.75) is 16.5 Å². The lowest BCUT2D eigenvalue weighted by Crippen LogP contribution is -2.37. The van der Waals surface area contributed by atoms with Gasteiger partial charge in [-0.15, -0.1) is 11.3 Å². The van der Waals surface area contributed by atoms with Gasteiger partial charge in [0, 0.05) is 11.6 Å². The van der Waals surface area contributed by atoms with Crippen LogP contribution in [0.4, 0.5) is 18.9 Å². The highest BCUT2D eigenvalue weighted by Gasteiger charge is 2.18. The number of benzene rings is 1. The Morgan fingerprint density at radius 3 is 2.71 bits per heavy atom. The zero-order chi connectivity index (χ0) is 17.7. The molecule has 2 rings (SSSR count). The summed E-state index contributed by atoms with van der Waals surface area (Å²) in [5, 5.41) is 5.73. The van der Waals surface area contributed by atoms with Crippen molar-refractivity contribution in [1.82, 2.24) is 10.3 Å². The molecule has 1 aromatic carbocycles. The average molecular weight is 375 g/mol. The van der Waals surface area contributed by atoms with Gasteiger partial charge >= 0.3 is 0 Å². The molecule has 24 heavy (non-hydrogen) atoms. The smallest absolute Gasteiger partial charge is 0.243 e. The molecule has 10 heteroatoms. The highest BCUT2D eigenvalue weighted by Crippen LogP contribution is 2.25. The van der Waals surface area contributed by atoms with Gasteiger partial charge in [-0.3, -0.25) is 9.59 Å². The van der Waals surface area contributed by atoms with Crippen LogP contribution in [-0.4, -0.2) is 28.6 Å². The van der Waals surface area contributed by atoms with Gasteiger partial charge in [0.1, 0.15) is 0 Å². The Labute approximate surface area is 143 Å². The van der Waals surface area contributed by atoms with E-state index >= 15 is 0 Å². The SMILES string of the molecule is CC(Sc1nccs1)C(=O)NCC(=O)Nc1ccc(F)c(F)c1F. The van der Waals surface area contributed by atoms with Crippen molar-refractivity contribution in [3.63, 3.8) is 0 Å². The molecule has 2 N–H and O–H groups in total. The molecule has 1 unspecified atom stereocenters. The van der Waals surface area contributed by atoms with Crippen molar-refractivity contribution in [1.29, 1.82) is 0 Å². The van der Waals surface area contributed by atoms with Crippen LogP contribution in [0.25, 0.3) is 0 Å². The molecule has 0 radical (unpaired) electrons. The van der Waals surface area contributed by atoms with Crippen LogP contribution in [-0.2, 0) is 9.59 Å². The number of halogens is 3. The summed E-state index contributed by atoms with van der Waals surface area (Å²) in [5.41, 5.74) is -0.502. The van der Waals surface area contributed by atoms with Crippen LogP contribution in [0.3, 0.4) is 0 Å². The zero-order valence-corrected chi connectivity index (χ0v) is 13.9. The molecule has 0 aliphatic carbocycles. The minimum Gasteiger partial charge on any atom is -0.346 e. The van der Waals surface area contributed by atoms with Crippen LogP contribution >= 0.6 is 23.1 Å². The topological polar surface area (TPSA) is 71.1 Å². The highest BCUT2D eigenvalue weighted by molar-refractivity contribution is 8.02. The molecule has 2 aromatic rings. The Kier molecular flexibility index (Phi) is 6.21. The Bertz CT molecular complexity index is 741. The first kappa shape index (κ1) is 18.3. The third kappa shape index (κ3) is 4.71. The summed E-state index contributed by atoms with van der Waals surface area (Å²) in [5.74, 6) is -5.70. The summed E-state index contributed by atoms with van der Waals surface area (Å²) in [7, 11) is 0. The molecule has 5 nitrogen and oxygen atoms in total. The van der Waals surface area contributed by atoms with E-state index < -0.39 is 46.7 Å². The van der Waals surface area contributed by atoms with Gasteiger partial charge in [0.25, 0.3) is 0 Å². The molecule has 0 fully saturated rings. The average Bonchev–Trinajstić information content (AvgIpc) is 3.06. The Morgan fingerprint density at radius 2 is 2.04 bits per heavy atom. The van der Waals surface area contributed by atoms with Crippen molar-refractivity contribution in [2.75, 3.05) is 11.9 Å². The largest absolute Gasteiger partial charge is 0.346 e. The van der Waals surface area contributed by atoms with Crippen molar-refractivity contribution < 1.29 is 22.8 Å². The lowest BCUT2D eigenvalue weighted by atomic mass is 10.2. The molecule has 0 aliphatic rings. The van der Waals surface area contributed by atoms with Gasteiger partial charge in [0.05, 0.1) is 17.5 Å². The van der Waals surface area contributed by atoms with Crippen LogP contribution in [0.5, 0.6) is 0 Å². The molecule has 0 spiro atoms. The third-order valence-corrected chi connectivity index (χ3v) is 4.81. The number of hydrogen-bond acceptors (Lipinski definition) is 5. The first-order valence-electron chi connectivity index (χ1n) is 6.65. The molecule has 0 bridgehead atoms. The third-order valence-electron chi connectivity index (χ3n) is 2.79. The fraction of sp³-hybridized carbons (Fsp3) is 0.214. The maximum atomic E-state index is 13.4. The van der Waals surface area contributed by atoms with E-state index in [9.17, 15) is 22.8 Å². The van der Waals surface area contributed by atoms with E-state index in [1.54, 1.807) is 18.5 Å². The predicted octanol–water partition coefficient (Wildman–Crippen LogP) is 2.80. The normalized spacial score (nSPS) is 11.8. The van der Waals surface area contributed by atoms with Gasteiger partial charge in [-0.1, -0.05) is 11.8 Å².